The molecule has 1 saturated carbocycles. The minimum Gasteiger partial charge on any atom is -0.475 e. The van der Waals surface area contributed by atoms with Crippen LogP contribution in [0.2, 0.25) is 15.1 Å². The molecule has 4 rings (SSSR count). The molecule has 36 heavy (non-hydrogen) atoms. The van der Waals surface area contributed by atoms with E-state index in [2.05, 4.69) is 10.2 Å². The van der Waals surface area contributed by atoms with Gasteiger partial charge < -0.3 is 15.2 Å². The predicted octanol–water partition coefficient (Wildman–Crippen LogP) is 5.33. The summed E-state index contributed by atoms with van der Waals surface area (Å²) >= 11 is 18.1. The normalized spacial score (nSPS) is 19.1. The lowest BCUT2D eigenvalue weighted by atomic mass is 9.95. The van der Waals surface area contributed by atoms with Crippen LogP contribution in [-0.2, 0) is 26.3 Å². The number of morpholine rings is 1. The molecule has 1 amide bonds. The average Bonchev–Trinajstić information content (AvgIpc) is 3.63. The maximum atomic E-state index is 12.9. The summed E-state index contributed by atoms with van der Waals surface area (Å²) in [6.45, 7) is 3.53. The van der Waals surface area contributed by atoms with Gasteiger partial charge in [0.2, 0.25) is 5.91 Å². The van der Waals surface area contributed by atoms with Crippen molar-refractivity contribution in [3.05, 3.63) is 68.7 Å². The summed E-state index contributed by atoms with van der Waals surface area (Å²) in [5.41, 5.74) is 1.74. The van der Waals surface area contributed by atoms with E-state index in [1.165, 1.54) is 0 Å². The molecule has 1 atom stereocenters. The molecule has 1 unspecified atom stereocenters. The first-order valence-electron chi connectivity index (χ1n) is 11.0. The zero-order valence-electron chi connectivity index (χ0n) is 19.0. The first-order chi connectivity index (χ1) is 16.9. The summed E-state index contributed by atoms with van der Waals surface area (Å²) in [4.78, 5) is 24.1. The summed E-state index contributed by atoms with van der Waals surface area (Å²) in [5.74, 6) is -2.68. The van der Waals surface area contributed by atoms with Crippen LogP contribution in [0.25, 0.3) is 0 Å². The fourth-order valence-electron chi connectivity index (χ4n) is 3.86. The highest BCUT2D eigenvalue weighted by Crippen LogP contribution is 2.48. The van der Waals surface area contributed by atoms with Gasteiger partial charge in [0.15, 0.2) is 0 Å². The van der Waals surface area contributed by atoms with Crippen molar-refractivity contribution < 1.29 is 32.6 Å². The van der Waals surface area contributed by atoms with Crippen molar-refractivity contribution >= 4 is 46.7 Å². The number of carboxylic acid groups (broad SMARTS) is 1. The minimum absolute atomic E-state index is 0.0310. The molecule has 1 saturated heterocycles. The largest absolute Gasteiger partial charge is 0.490 e. The monoisotopic (exact) mass is 566 g/mol. The van der Waals surface area contributed by atoms with E-state index in [1.54, 1.807) is 0 Å². The third-order valence-corrected chi connectivity index (χ3v) is 6.92. The van der Waals surface area contributed by atoms with Gasteiger partial charge in [0.1, 0.15) is 0 Å². The molecule has 0 radical (unpaired) electrons. The predicted molar refractivity (Wildman–Crippen MR) is 131 cm³/mol. The van der Waals surface area contributed by atoms with Crippen LogP contribution in [0, 0.1) is 0 Å². The lowest BCUT2D eigenvalue weighted by Gasteiger charge is -2.33. The molecular formula is C24H24Cl3F3N2O4. The van der Waals surface area contributed by atoms with Crippen molar-refractivity contribution in [3.8, 4) is 0 Å². The Morgan fingerprint density at radius 2 is 1.72 bits per heavy atom. The van der Waals surface area contributed by atoms with Gasteiger partial charge in [-0.25, -0.2) is 4.79 Å². The van der Waals surface area contributed by atoms with Crippen LogP contribution in [-0.4, -0.2) is 60.4 Å². The fraction of sp³-hybridized carbons (Fsp3) is 0.417. The van der Waals surface area contributed by atoms with Gasteiger partial charge in [-0.15, -0.1) is 0 Å². The van der Waals surface area contributed by atoms with E-state index in [9.17, 15) is 18.0 Å². The van der Waals surface area contributed by atoms with Gasteiger partial charge in [-0.2, -0.15) is 13.2 Å². The van der Waals surface area contributed by atoms with Gasteiger partial charge in [-0.3, -0.25) is 9.69 Å². The van der Waals surface area contributed by atoms with E-state index in [0.29, 0.717) is 28.2 Å². The molecule has 196 valence electrons. The Hall–Kier alpha value is -2.04. The Morgan fingerprint density at radius 1 is 1.08 bits per heavy atom. The van der Waals surface area contributed by atoms with E-state index in [-0.39, 0.29) is 12.0 Å². The van der Waals surface area contributed by atoms with Crippen LogP contribution >= 0.6 is 34.8 Å². The van der Waals surface area contributed by atoms with Crippen LogP contribution in [0.1, 0.15) is 24.0 Å². The number of alkyl halides is 3. The van der Waals surface area contributed by atoms with Crippen molar-refractivity contribution in [1.82, 2.24) is 10.2 Å². The van der Waals surface area contributed by atoms with E-state index >= 15 is 0 Å². The number of hydrogen-bond donors (Lipinski definition) is 2. The molecule has 2 fully saturated rings. The topological polar surface area (TPSA) is 78.9 Å². The number of carbonyl (C=O) groups excluding carboxylic acids is 1. The molecule has 1 heterocycles. The summed E-state index contributed by atoms with van der Waals surface area (Å²) in [6, 6.07) is 13.3. The Kier molecular flexibility index (Phi) is 9.51. The van der Waals surface area contributed by atoms with E-state index in [0.717, 1.165) is 43.6 Å². The Balaban J connectivity index is 0.000000454. The van der Waals surface area contributed by atoms with Gasteiger partial charge in [-0.05, 0) is 48.2 Å². The van der Waals surface area contributed by atoms with Crippen molar-refractivity contribution in [2.45, 2.75) is 37.1 Å². The SMILES string of the molecule is O=C(NCC1CN(Cc2ccc(Cl)c(Cl)c2)CCO1)C1(c2ccc(Cl)cc2)CC1.O=C(O)C(F)(F)F. The molecule has 1 aliphatic heterocycles. The third-order valence-electron chi connectivity index (χ3n) is 5.93. The number of ether oxygens (including phenoxy) is 1. The van der Waals surface area contributed by atoms with Gasteiger partial charge in [0.25, 0.3) is 0 Å². The van der Waals surface area contributed by atoms with Crippen LogP contribution in [0.4, 0.5) is 13.2 Å². The van der Waals surface area contributed by atoms with E-state index < -0.39 is 17.6 Å². The Bertz CT molecular complexity index is 1080. The smallest absolute Gasteiger partial charge is 0.475 e. The number of benzene rings is 2. The van der Waals surface area contributed by atoms with Crippen LogP contribution in [0.5, 0.6) is 0 Å². The lowest BCUT2D eigenvalue weighted by molar-refractivity contribution is -0.192. The zero-order chi connectivity index (χ0) is 26.5. The second-order valence-corrected chi connectivity index (χ2v) is 9.83. The van der Waals surface area contributed by atoms with Crippen molar-refractivity contribution in [3.63, 3.8) is 0 Å². The number of nitrogens with zero attached hydrogens (tertiary/aromatic N) is 1. The number of aliphatic carboxylic acids is 1. The highest BCUT2D eigenvalue weighted by molar-refractivity contribution is 6.42. The van der Waals surface area contributed by atoms with E-state index in [1.807, 2.05) is 42.5 Å². The second-order valence-electron chi connectivity index (χ2n) is 8.58. The Labute approximate surface area is 221 Å². The molecule has 1 aliphatic carbocycles. The molecule has 0 spiro atoms. The average molecular weight is 568 g/mol. The number of amides is 1. The zero-order valence-corrected chi connectivity index (χ0v) is 21.2. The highest BCUT2D eigenvalue weighted by atomic mass is 35.5. The number of carbonyl (C=O) groups is 2. The number of hydrogen-bond acceptors (Lipinski definition) is 4. The maximum Gasteiger partial charge on any atom is 0.490 e. The van der Waals surface area contributed by atoms with Crippen LogP contribution in [0.15, 0.2) is 42.5 Å². The summed E-state index contributed by atoms with van der Waals surface area (Å²) in [6.07, 6.45) is -3.37. The number of carboxylic acids is 1. The molecule has 0 bridgehead atoms. The number of rotatable bonds is 6. The first-order valence-corrected chi connectivity index (χ1v) is 12.2. The fourth-order valence-corrected chi connectivity index (χ4v) is 4.31. The standard InChI is InChI=1S/C22H23Cl3N2O2.C2HF3O2/c23-17-4-2-16(3-5-17)22(7-8-22)21(28)26-12-18-14-27(9-10-29-18)13-15-1-6-19(24)20(25)11-15;3-2(4,5)1(6)7/h1-6,11,18H,7-10,12-14H2,(H,26,28);(H,6,7). The third kappa shape index (κ3) is 7.73. The van der Waals surface area contributed by atoms with Crippen LogP contribution < -0.4 is 5.32 Å². The molecule has 6 nitrogen and oxygen atoms in total. The molecule has 2 N–H and O–H groups in total. The van der Waals surface area contributed by atoms with Gasteiger partial charge in [0, 0.05) is 31.2 Å². The van der Waals surface area contributed by atoms with Crippen molar-refractivity contribution in [1.29, 1.82) is 0 Å². The van der Waals surface area contributed by atoms with Crippen molar-refractivity contribution in [2.24, 2.45) is 0 Å². The quantitative estimate of drug-likeness (QED) is 0.494. The molecule has 2 aromatic rings. The summed E-state index contributed by atoms with van der Waals surface area (Å²) in [5, 5.41) is 12.0. The van der Waals surface area contributed by atoms with Crippen molar-refractivity contribution in [2.75, 3.05) is 26.2 Å². The molecule has 0 aromatic heterocycles. The first kappa shape index (κ1) is 28.5. The molecule has 12 heteroatoms. The highest BCUT2D eigenvalue weighted by Gasteiger charge is 2.51. The second kappa shape index (κ2) is 12.0. The summed E-state index contributed by atoms with van der Waals surface area (Å²) in [7, 11) is 0. The lowest BCUT2D eigenvalue weighted by Crippen LogP contribution is -2.48. The molecule has 2 aromatic carbocycles. The van der Waals surface area contributed by atoms with Gasteiger partial charge in [-0.1, -0.05) is 53.0 Å². The number of halogens is 6. The molecular weight excluding hydrogens is 544 g/mol. The van der Waals surface area contributed by atoms with Gasteiger partial charge >= 0.3 is 12.1 Å². The maximum absolute atomic E-state index is 12.9. The summed E-state index contributed by atoms with van der Waals surface area (Å²) < 4.78 is 37.6. The molecule has 2 aliphatic rings. The Morgan fingerprint density at radius 3 is 2.28 bits per heavy atom. The van der Waals surface area contributed by atoms with E-state index in [4.69, 9.17) is 49.4 Å². The van der Waals surface area contributed by atoms with Crippen LogP contribution in [0.3, 0.4) is 0 Å². The number of nitrogens with one attached hydrogen (secondary N) is 1. The van der Waals surface area contributed by atoms with Gasteiger partial charge in [0.05, 0.1) is 28.2 Å². The minimum atomic E-state index is -5.08.